The highest BCUT2D eigenvalue weighted by Crippen LogP contribution is 2.29. The molecule has 0 aliphatic heterocycles. The smallest absolute Gasteiger partial charge is 0.0588 e. The van der Waals surface area contributed by atoms with Crippen molar-refractivity contribution < 1.29 is 4.21 Å². The van der Waals surface area contributed by atoms with Crippen LogP contribution in [0.15, 0.2) is 33.6 Å². The molecule has 0 bridgehead atoms. The zero-order chi connectivity index (χ0) is 13.0. The molecule has 1 saturated carbocycles. The van der Waals surface area contributed by atoms with E-state index in [2.05, 4.69) is 28.2 Å². The Morgan fingerprint density at radius 3 is 2.78 bits per heavy atom. The Morgan fingerprint density at radius 2 is 2.06 bits per heavy atom. The van der Waals surface area contributed by atoms with E-state index < -0.39 is 10.8 Å². The maximum absolute atomic E-state index is 12.7. The molecule has 1 fully saturated rings. The van der Waals surface area contributed by atoms with Gasteiger partial charge in [-0.1, -0.05) is 31.9 Å². The minimum Gasteiger partial charge on any atom is -0.313 e. The van der Waals surface area contributed by atoms with Crippen LogP contribution in [0.5, 0.6) is 0 Å². The zero-order valence-electron chi connectivity index (χ0n) is 10.7. The van der Waals surface area contributed by atoms with E-state index in [0.717, 1.165) is 28.8 Å². The number of hydrogen-bond acceptors (Lipinski definition) is 2. The molecule has 18 heavy (non-hydrogen) atoms. The highest BCUT2D eigenvalue weighted by atomic mass is 79.9. The van der Waals surface area contributed by atoms with Crippen LogP contribution in [0.1, 0.15) is 32.6 Å². The number of halogens is 1. The van der Waals surface area contributed by atoms with E-state index in [1.165, 1.54) is 12.8 Å². The van der Waals surface area contributed by atoms with Crippen molar-refractivity contribution in [1.29, 1.82) is 0 Å². The van der Waals surface area contributed by atoms with Crippen LogP contribution in [0.4, 0.5) is 0 Å². The van der Waals surface area contributed by atoms with Crippen molar-refractivity contribution in [2.45, 2.75) is 48.8 Å². The number of hydrogen-bond donors (Lipinski definition) is 1. The van der Waals surface area contributed by atoms with E-state index in [9.17, 15) is 4.21 Å². The average Bonchev–Trinajstić information content (AvgIpc) is 2.40. The summed E-state index contributed by atoms with van der Waals surface area (Å²) < 4.78 is 13.7. The largest absolute Gasteiger partial charge is 0.313 e. The summed E-state index contributed by atoms with van der Waals surface area (Å²) in [5, 5.41) is 3.74. The molecule has 1 aromatic rings. The summed E-state index contributed by atoms with van der Waals surface area (Å²) in [5.74, 6) is 0. The third-order valence-corrected chi connectivity index (χ3v) is 6.35. The van der Waals surface area contributed by atoms with Gasteiger partial charge in [0.05, 0.1) is 20.9 Å². The Bertz CT molecular complexity index is 422. The van der Waals surface area contributed by atoms with E-state index in [1.54, 1.807) is 0 Å². The van der Waals surface area contributed by atoms with Crippen molar-refractivity contribution in [3.63, 3.8) is 0 Å². The molecule has 0 saturated heterocycles. The second kappa shape index (κ2) is 6.83. The third kappa shape index (κ3) is 3.22. The van der Waals surface area contributed by atoms with Gasteiger partial charge in [0.15, 0.2) is 0 Å². The van der Waals surface area contributed by atoms with E-state index in [-0.39, 0.29) is 5.25 Å². The van der Waals surface area contributed by atoms with Crippen molar-refractivity contribution in [1.82, 2.24) is 5.32 Å². The van der Waals surface area contributed by atoms with Crippen LogP contribution in [0.2, 0.25) is 0 Å². The van der Waals surface area contributed by atoms with Crippen LogP contribution < -0.4 is 5.32 Å². The molecule has 1 aliphatic carbocycles. The molecule has 2 rings (SSSR count). The normalized spacial score (nSPS) is 25.9. The highest BCUT2D eigenvalue weighted by Gasteiger charge is 2.30. The van der Waals surface area contributed by atoms with Gasteiger partial charge >= 0.3 is 0 Å². The monoisotopic (exact) mass is 329 g/mol. The van der Waals surface area contributed by atoms with Crippen molar-refractivity contribution in [3.05, 3.63) is 28.7 Å². The average molecular weight is 330 g/mol. The van der Waals surface area contributed by atoms with Gasteiger partial charge in [-0.15, -0.1) is 0 Å². The standard InChI is InChI=1S/C14H20BrNOS/c1-2-16-12-8-4-6-10-14(12)18(17)13-9-5-3-7-11(13)15/h3,5,7,9,12,14,16H,2,4,6,8,10H2,1H3. The lowest BCUT2D eigenvalue weighted by Gasteiger charge is -2.31. The van der Waals surface area contributed by atoms with Crippen molar-refractivity contribution >= 4 is 26.7 Å². The quantitative estimate of drug-likeness (QED) is 0.916. The maximum Gasteiger partial charge on any atom is 0.0588 e. The van der Waals surface area contributed by atoms with E-state index in [0.29, 0.717) is 6.04 Å². The van der Waals surface area contributed by atoms with Gasteiger partial charge in [0, 0.05) is 10.5 Å². The van der Waals surface area contributed by atoms with Crippen LogP contribution in [0, 0.1) is 0 Å². The highest BCUT2D eigenvalue weighted by molar-refractivity contribution is 9.10. The SMILES string of the molecule is CCNC1CCCCC1S(=O)c1ccccc1Br. The van der Waals surface area contributed by atoms with Crippen LogP contribution >= 0.6 is 15.9 Å². The number of benzene rings is 1. The van der Waals surface area contributed by atoms with Crippen molar-refractivity contribution in [3.8, 4) is 0 Å². The molecule has 1 N–H and O–H groups in total. The van der Waals surface area contributed by atoms with Crippen LogP contribution in [0.25, 0.3) is 0 Å². The van der Waals surface area contributed by atoms with Gasteiger partial charge in [-0.25, -0.2) is 0 Å². The van der Waals surface area contributed by atoms with Gasteiger partial charge in [0.1, 0.15) is 0 Å². The van der Waals surface area contributed by atoms with Gasteiger partial charge in [0.25, 0.3) is 0 Å². The fourth-order valence-electron chi connectivity index (χ4n) is 2.62. The van der Waals surface area contributed by atoms with E-state index in [1.807, 2.05) is 24.3 Å². The minimum absolute atomic E-state index is 0.248. The summed E-state index contributed by atoms with van der Waals surface area (Å²) in [5.41, 5.74) is 0. The molecule has 0 aromatic heterocycles. The molecular formula is C14H20BrNOS. The molecule has 2 nitrogen and oxygen atoms in total. The van der Waals surface area contributed by atoms with Crippen molar-refractivity contribution in [2.24, 2.45) is 0 Å². The number of nitrogens with one attached hydrogen (secondary N) is 1. The summed E-state index contributed by atoms with van der Waals surface area (Å²) in [6, 6.07) is 8.27. The van der Waals surface area contributed by atoms with Gasteiger partial charge in [-0.3, -0.25) is 4.21 Å². The predicted molar refractivity (Wildman–Crippen MR) is 80.3 cm³/mol. The van der Waals surface area contributed by atoms with E-state index >= 15 is 0 Å². The first kappa shape index (κ1) is 14.2. The Balaban J connectivity index is 2.18. The lowest BCUT2D eigenvalue weighted by molar-refractivity contribution is 0.385. The molecule has 100 valence electrons. The zero-order valence-corrected chi connectivity index (χ0v) is 13.1. The molecule has 0 radical (unpaired) electrons. The fourth-order valence-corrected chi connectivity index (χ4v) is 5.09. The van der Waals surface area contributed by atoms with Gasteiger partial charge in [-0.2, -0.15) is 0 Å². The fraction of sp³-hybridized carbons (Fsp3) is 0.571. The molecule has 3 unspecified atom stereocenters. The molecule has 1 aliphatic rings. The lowest BCUT2D eigenvalue weighted by Crippen LogP contribution is -2.44. The second-order valence-electron chi connectivity index (χ2n) is 4.71. The van der Waals surface area contributed by atoms with Gasteiger partial charge in [-0.05, 0) is 47.4 Å². The first-order chi connectivity index (χ1) is 8.74. The third-order valence-electron chi connectivity index (χ3n) is 3.50. The summed E-state index contributed by atoms with van der Waals surface area (Å²) in [6.07, 6.45) is 4.66. The van der Waals surface area contributed by atoms with Crippen LogP contribution in [-0.2, 0) is 10.8 Å². The maximum atomic E-state index is 12.7. The van der Waals surface area contributed by atoms with Gasteiger partial charge in [0.2, 0.25) is 0 Å². The Kier molecular flexibility index (Phi) is 5.39. The molecule has 4 heteroatoms. The van der Waals surface area contributed by atoms with E-state index in [4.69, 9.17) is 0 Å². The lowest BCUT2D eigenvalue weighted by atomic mass is 9.95. The molecular weight excluding hydrogens is 310 g/mol. The molecule has 0 heterocycles. The summed E-state index contributed by atoms with van der Waals surface area (Å²) in [4.78, 5) is 0.937. The summed E-state index contributed by atoms with van der Waals surface area (Å²) in [7, 11) is -0.922. The van der Waals surface area contributed by atoms with Gasteiger partial charge < -0.3 is 5.32 Å². The van der Waals surface area contributed by atoms with Crippen LogP contribution in [-0.4, -0.2) is 22.0 Å². The first-order valence-corrected chi connectivity index (χ1v) is 8.63. The first-order valence-electron chi connectivity index (χ1n) is 6.62. The topological polar surface area (TPSA) is 29.1 Å². The molecule has 3 atom stereocenters. The predicted octanol–water partition coefficient (Wildman–Crippen LogP) is 3.48. The molecule has 0 amide bonds. The Labute approximate surface area is 120 Å². The Hall–Kier alpha value is -0.190. The minimum atomic E-state index is -0.922. The number of rotatable bonds is 4. The summed E-state index contributed by atoms with van der Waals surface area (Å²) in [6.45, 7) is 3.07. The second-order valence-corrected chi connectivity index (χ2v) is 7.21. The van der Waals surface area contributed by atoms with Crippen LogP contribution in [0.3, 0.4) is 0 Å². The Morgan fingerprint density at radius 1 is 1.33 bits per heavy atom. The molecule has 0 spiro atoms. The molecule has 1 aromatic carbocycles. The van der Waals surface area contributed by atoms with Crippen molar-refractivity contribution in [2.75, 3.05) is 6.54 Å². The summed E-state index contributed by atoms with van der Waals surface area (Å²) >= 11 is 3.51.